The SMILES string of the molecule is O=c1[nH]c(-c2cccc([N+](=O)[O-])c2)nc2c1CCCN2. The van der Waals surface area contributed by atoms with Gasteiger partial charge in [0, 0.05) is 24.2 Å². The lowest BCUT2D eigenvalue weighted by Crippen LogP contribution is -2.24. The Morgan fingerprint density at radius 2 is 2.20 bits per heavy atom. The average Bonchev–Trinajstić information content (AvgIpc) is 2.47. The summed E-state index contributed by atoms with van der Waals surface area (Å²) in [6, 6.07) is 6.05. The lowest BCUT2D eigenvalue weighted by molar-refractivity contribution is -0.384. The minimum absolute atomic E-state index is 0.0316. The van der Waals surface area contributed by atoms with Crippen molar-refractivity contribution in [2.24, 2.45) is 0 Å². The van der Waals surface area contributed by atoms with E-state index in [0.717, 1.165) is 13.0 Å². The molecule has 102 valence electrons. The van der Waals surface area contributed by atoms with Crippen LogP contribution in [-0.4, -0.2) is 21.4 Å². The highest BCUT2D eigenvalue weighted by molar-refractivity contribution is 5.61. The van der Waals surface area contributed by atoms with E-state index in [9.17, 15) is 14.9 Å². The number of fused-ring (bicyclic) bond motifs is 1. The van der Waals surface area contributed by atoms with Crippen molar-refractivity contribution in [3.05, 3.63) is 50.3 Å². The van der Waals surface area contributed by atoms with E-state index in [1.807, 2.05) is 0 Å². The first-order valence-electron chi connectivity index (χ1n) is 6.27. The molecule has 3 rings (SSSR count). The lowest BCUT2D eigenvalue weighted by atomic mass is 10.1. The van der Waals surface area contributed by atoms with E-state index in [1.54, 1.807) is 12.1 Å². The number of aromatic amines is 1. The van der Waals surface area contributed by atoms with Gasteiger partial charge >= 0.3 is 0 Å². The molecule has 0 aliphatic carbocycles. The van der Waals surface area contributed by atoms with Crippen molar-refractivity contribution in [1.29, 1.82) is 0 Å². The number of hydrogen-bond acceptors (Lipinski definition) is 5. The van der Waals surface area contributed by atoms with Crippen molar-refractivity contribution in [3.63, 3.8) is 0 Å². The molecule has 7 heteroatoms. The zero-order valence-electron chi connectivity index (χ0n) is 10.5. The monoisotopic (exact) mass is 272 g/mol. The van der Waals surface area contributed by atoms with Crippen LogP contribution in [0.5, 0.6) is 0 Å². The number of anilines is 1. The van der Waals surface area contributed by atoms with E-state index in [0.29, 0.717) is 29.2 Å². The Balaban J connectivity index is 2.11. The number of nitrogens with zero attached hydrogens (tertiary/aromatic N) is 2. The number of non-ortho nitro benzene ring substituents is 1. The molecule has 0 fully saturated rings. The molecule has 1 aliphatic heterocycles. The van der Waals surface area contributed by atoms with Gasteiger partial charge in [-0.05, 0) is 12.8 Å². The topological polar surface area (TPSA) is 101 Å². The maximum Gasteiger partial charge on any atom is 0.270 e. The molecule has 2 N–H and O–H groups in total. The first-order valence-corrected chi connectivity index (χ1v) is 6.27. The Bertz CT molecular complexity index is 739. The Morgan fingerprint density at radius 3 is 3.00 bits per heavy atom. The number of aromatic nitrogens is 2. The maximum atomic E-state index is 12.0. The van der Waals surface area contributed by atoms with Crippen LogP contribution in [-0.2, 0) is 6.42 Å². The summed E-state index contributed by atoms with van der Waals surface area (Å²) in [7, 11) is 0. The third kappa shape index (κ3) is 2.13. The normalized spacial score (nSPS) is 13.4. The first-order chi connectivity index (χ1) is 9.65. The van der Waals surface area contributed by atoms with Gasteiger partial charge in [-0.3, -0.25) is 14.9 Å². The summed E-state index contributed by atoms with van der Waals surface area (Å²) in [6.45, 7) is 0.776. The van der Waals surface area contributed by atoms with E-state index in [-0.39, 0.29) is 11.2 Å². The van der Waals surface area contributed by atoms with Gasteiger partial charge in [0.25, 0.3) is 11.2 Å². The number of nitrogens with one attached hydrogen (secondary N) is 2. The molecule has 0 spiro atoms. The second kappa shape index (κ2) is 4.76. The van der Waals surface area contributed by atoms with Crippen LogP contribution in [0.2, 0.25) is 0 Å². The van der Waals surface area contributed by atoms with Crippen molar-refractivity contribution in [2.45, 2.75) is 12.8 Å². The van der Waals surface area contributed by atoms with E-state index in [4.69, 9.17) is 0 Å². The molecular formula is C13H12N4O3. The quantitative estimate of drug-likeness (QED) is 0.640. The van der Waals surface area contributed by atoms with Crippen molar-refractivity contribution < 1.29 is 4.92 Å². The number of H-pyrrole nitrogens is 1. The third-order valence-corrected chi connectivity index (χ3v) is 3.24. The summed E-state index contributed by atoms with van der Waals surface area (Å²) in [5.74, 6) is 0.911. The molecule has 7 nitrogen and oxygen atoms in total. The van der Waals surface area contributed by atoms with Crippen molar-refractivity contribution >= 4 is 11.5 Å². The van der Waals surface area contributed by atoms with Crippen LogP contribution in [0, 0.1) is 10.1 Å². The van der Waals surface area contributed by atoms with E-state index >= 15 is 0 Å². The molecular weight excluding hydrogens is 260 g/mol. The summed E-state index contributed by atoms with van der Waals surface area (Å²) in [5.41, 5.74) is 0.941. The predicted octanol–water partition coefficient (Wildman–Crippen LogP) is 1.70. The molecule has 0 bridgehead atoms. The van der Waals surface area contributed by atoms with Gasteiger partial charge in [0.15, 0.2) is 0 Å². The Morgan fingerprint density at radius 1 is 1.35 bits per heavy atom. The highest BCUT2D eigenvalue weighted by atomic mass is 16.6. The van der Waals surface area contributed by atoms with Gasteiger partial charge in [-0.25, -0.2) is 4.98 Å². The molecule has 0 radical (unpaired) electrons. The number of hydrogen-bond donors (Lipinski definition) is 2. The molecule has 20 heavy (non-hydrogen) atoms. The highest BCUT2D eigenvalue weighted by Crippen LogP contribution is 2.23. The fourth-order valence-corrected chi connectivity index (χ4v) is 2.25. The summed E-state index contributed by atoms with van der Waals surface area (Å²) >= 11 is 0. The maximum absolute atomic E-state index is 12.0. The predicted molar refractivity (Wildman–Crippen MR) is 73.8 cm³/mol. The van der Waals surface area contributed by atoms with Gasteiger partial charge in [-0.1, -0.05) is 12.1 Å². The molecule has 0 unspecified atom stereocenters. The number of nitro benzene ring substituents is 1. The Kier molecular flexibility index (Phi) is 2.94. The summed E-state index contributed by atoms with van der Waals surface area (Å²) in [4.78, 5) is 29.4. The van der Waals surface area contributed by atoms with Gasteiger partial charge in [0.05, 0.1) is 10.5 Å². The number of benzene rings is 1. The largest absolute Gasteiger partial charge is 0.370 e. The standard InChI is InChI=1S/C13H12N4O3/c18-13-10-5-2-6-14-12(10)15-11(16-13)8-3-1-4-9(7-8)17(19)20/h1,3-4,7H,2,5-6H2,(H2,14,15,16,18). The summed E-state index contributed by atoms with van der Waals surface area (Å²) in [5, 5.41) is 13.9. The summed E-state index contributed by atoms with van der Waals surface area (Å²) < 4.78 is 0. The smallest absolute Gasteiger partial charge is 0.270 e. The fraction of sp³-hybridized carbons (Fsp3) is 0.231. The molecule has 2 aromatic rings. The van der Waals surface area contributed by atoms with Crippen LogP contribution >= 0.6 is 0 Å². The van der Waals surface area contributed by atoms with Crippen LogP contribution in [0.15, 0.2) is 29.1 Å². The molecule has 2 heterocycles. The van der Waals surface area contributed by atoms with Gasteiger partial charge < -0.3 is 10.3 Å². The third-order valence-electron chi connectivity index (χ3n) is 3.24. The van der Waals surface area contributed by atoms with Crippen LogP contribution in [0.1, 0.15) is 12.0 Å². The molecule has 0 saturated carbocycles. The fourth-order valence-electron chi connectivity index (χ4n) is 2.25. The molecule has 1 aliphatic rings. The van der Waals surface area contributed by atoms with Crippen LogP contribution in [0.3, 0.4) is 0 Å². The van der Waals surface area contributed by atoms with Gasteiger partial charge in [-0.15, -0.1) is 0 Å². The lowest BCUT2D eigenvalue weighted by Gasteiger charge is -2.16. The second-order valence-electron chi connectivity index (χ2n) is 4.58. The van der Waals surface area contributed by atoms with Crippen molar-refractivity contribution in [1.82, 2.24) is 9.97 Å². The van der Waals surface area contributed by atoms with Gasteiger partial charge in [0.2, 0.25) is 0 Å². The molecule has 0 amide bonds. The first kappa shape index (κ1) is 12.3. The molecule has 1 aromatic carbocycles. The van der Waals surface area contributed by atoms with E-state index < -0.39 is 4.92 Å². The van der Waals surface area contributed by atoms with Crippen molar-refractivity contribution in [3.8, 4) is 11.4 Å². The zero-order chi connectivity index (χ0) is 14.1. The van der Waals surface area contributed by atoms with E-state index in [2.05, 4.69) is 15.3 Å². The van der Waals surface area contributed by atoms with Crippen LogP contribution < -0.4 is 10.9 Å². The zero-order valence-corrected chi connectivity index (χ0v) is 10.5. The van der Waals surface area contributed by atoms with Crippen LogP contribution in [0.25, 0.3) is 11.4 Å². The van der Waals surface area contributed by atoms with E-state index in [1.165, 1.54) is 12.1 Å². The van der Waals surface area contributed by atoms with Gasteiger partial charge in [-0.2, -0.15) is 0 Å². The average molecular weight is 272 g/mol. The molecule has 1 aromatic heterocycles. The number of nitro groups is 1. The molecule has 0 saturated heterocycles. The van der Waals surface area contributed by atoms with Crippen molar-refractivity contribution in [2.75, 3.05) is 11.9 Å². The van der Waals surface area contributed by atoms with Gasteiger partial charge in [0.1, 0.15) is 11.6 Å². The number of rotatable bonds is 2. The van der Waals surface area contributed by atoms with Crippen LogP contribution in [0.4, 0.5) is 11.5 Å². The molecule has 0 atom stereocenters. The highest BCUT2D eigenvalue weighted by Gasteiger charge is 2.16. The minimum atomic E-state index is -0.474. The Hall–Kier alpha value is -2.70. The second-order valence-corrected chi connectivity index (χ2v) is 4.58. The Labute approximate surface area is 113 Å². The summed E-state index contributed by atoms with van der Waals surface area (Å²) in [6.07, 6.45) is 1.59. The minimum Gasteiger partial charge on any atom is -0.370 e.